The second kappa shape index (κ2) is 9.33. The summed E-state index contributed by atoms with van der Waals surface area (Å²) in [6.07, 6.45) is 13.1. The van der Waals surface area contributed by atoms with Crippen LogP contribution in [0.15, 0.2) is 67.3 Å². The van der Waals surface area contributed by atoms with E-state index in [9.17, 15) is 4.39 Å². The molecule has 1 fully saturated rings. The lowest BCUT2D eigenvalue weighted by Crippen LogP contribution is -2.19. The molecule has 0 bridgehead atoms. The topological polar surface area (TPSA) is 105 Å². The van der Waals surface area contributed by atoms with Crippen molar-refractivity contribution in [1.29, 1.82) is 0 Å². The highest BCUT2D eigenvalue weighted by Crippen LogP contribution is 2.32. The zero-order valence-corrected chi connectivity index (χ0v) is 20.5. The molecule has 1 aliphatic rings. The molecule has 0 atom stereocenters. The van der Waals surface area contributed by atoms with Gasteiger partial charge in [-0.15, -0.1) is 0 Å². The largest absolute Gasteiger partial charge is 0.489 e. The third-order valence-corrected chi connectivity index (χ3v) is 7.03. The molecule has 1 aromatic carbocycles. The first-order valence-electron chi connectivity index (χ1n) is 12.8. The summed E-state index contributed by atoms with van der Waals surface area (Å²) in [6, 6.07) is 12.2. The Labute approximate surface area is 217 Å². The number of hydrogen-bond donors (Lipinski definition) is 2. The van der Waals surface area contributed by atoms with Crippen molar-refractivity contribution >= 4 is 21.9 Å². The highest BCUT2D eigenvalue weighted by Gasteiger charge is 2.18. The molecule has 1 saturated carbocycles. The van der Waals surface area contributed by atoms with Crippen molar-refractivity contribution in [3.63, 3.8) is 0 Å². The molecule has 7 rings (SSSR count). The van der Waals surface area contributed by atoms with E-state index in [0.717, 1.165) is 46.3 Å². The number of nitrogens with zero attached hydrogens (tertiary/aromatic N) is 5. The maximum atomic E-state index is 13.9. The zero-order chi connectivity index (χ0) is 25.5. The first-order valence-corrected chi connectivity index (χ1v) is 12.8. The minimum Gasteiger partial charge on any atom is -0.489 e. The van der Waals surface area contributed by atoms with Gasteiger partial charge in [-0.25, -0.2) is 9.37 Å². The Bertz CT molecular complexity index is 1770. The van der Waals surface area contributed by atoms with Crippen molar-refractivity contribution in [2.24, 2.45) is 0 Å². The number of imidazole rings is 1. The summed E-state index contributed by atoms with van der Waals surface area (Å²) in [5.74, 6) is 1.03. The van der Waals surface area contributed by atoms with Crippen molar-refractivity contribution in [3.8, 4) is 39.8 Å². The van der Waals surface area contributed by atoms with Gasteiger partial charge in [-0.05, 0) is 56.0 Å². The van der Waals surface area contributed by atoms with Crippen LogP contribution in [0.5, 0.6) is 5.75 Å². The standard InChI is InChI=1S/C29H24FN7O/c30-19-6-4-5-17(11-19)26-28-23(9-10-32-26)34-29(35-28)27-22-13-24(33-16-25(22)36-37-27)18-12-21(15-31-14-18)38-20-7-2-1-3-8-20/h4-6,9-16,20H,1-3,7-8H2,(H,34,35)(H,36,37). The number of rotatable bonds is 5. The van der Waals surface area contributed by atoms with Gasteiger partial charge in [0.15, 0.2) is 5.82 Å². The van der Waals surface area contributed by atoms with Crippen molar-refractivity contribution in [2.45, 2.75) is 38.2 Å². The highest BCUT2D eigenvalue weighted by atomic mass is 19.1. The van der Waals surface area contributed by atoms with E-state index in [1.165, 1.54) is 31.4 Å². The summed E-state index contributed by atoms with van der Waals surface area (Å²) in [5, 5.41) is 8.45. The van der Waals surface area contributed by atoms with Gasteiger partial charge in [-0.1, -0.05) is 18.6 Å². The number of benzene rings is 1. The van der Waals surface area contributed by atoms with Gasteiger partial charge in [0, 0.05) is 28.9 Å². The smallest absolute Gasteiger partial charge is 0.159 e. The first kappa shape index (κ1) is 22.5. The van der Waals surface area contributed by atoms with E-state index in [1.54, 1.807) is 30.9 Å². The van der Waals surface area contributed by atoms with Gasteiger partial charge in [0.2, 0.25) is 0 Å². The number of aromatic amines is 2. The fraction of sp³-hybridized carbons (Fsp3) is 0.207. The molecule has 0 radical (unpaired) electrons. The van der Waals surface area contributed by atoms with Crippen LogP contribution < -0.4 is 4.74 Å². The van der Waals surface area contributed by atoms with Gasteiger partial charge in [0.1, 0.15) is 22.8 Å². The third-order valence-electron chi connectivity index (χ3n) is 7.03. The monoisotopic (exact) mass is 505 g/mol. The molecule has 1 aliphatic carbocycles. The van der Waals surface area contributed by atoms with Crippen LogP contribution in [0.1, 0.15) is 32.1 Å². The Hall–Kier alpha value is -4.66. The number of nitrogens with one attached hydrogen (secondary N) is 2. The fourth-order valence-electron chi connectivity index (χ4n) is 5.15. The van der Waals surface area contributed by atoms with E-state index in [1.807, 2.05) is 24.3 Å². The van der Waals surface area contributed by atoms with Gasteiger partial charge in [-0.3, -0.25) is 20.1 Å². The number of H-pyrrole nitrogens is 2. The Morgan fingerprint density at radius 2 is 1.79 bits per heavy atom. The molecule has 0 amide bonds. The summed E-state index contributed by atoms with van der Waals surface area (Å²) in [4.78, 5) is 21.7. The molecule has 0 spiro atoms. The van der Waals surface area contributed by atoms with Gasteiger partial charge in [-0.2, -0.15) is 5.10 Å². The number of pyridine rings is 3. The molecule has 5 aromatic heterocycles. The van der Waals surface area contributed by atoms with Crippen LogP contribution in [0.4, 0.5) is 4.39 Å². The molecule has 2 N–H and O–H groups in total. The van der Waals surface area contributed by atoms with Crippen molar-refractivity contribution in [3.05, 3.63) is 73.1 Å². The summed E-state index contributed by atoms with van der Waals surface area (Å²) >= 11 is 0. The van der Waals surface area contributed by atoms with Crippen molar-refractivity contribution in [2.75, 3.05) is 0 Å². The van der Waals surface area contributed by atoms with Crippen LogP contribution >= 0.6 is 0 Å². The molecule has 188 valence electrons. The molecular formula is C29H24FN7O. The normalized spacial score (nSPS) is 14.3. The van der Waals surface area contributed by atoms with Crippen molar-refractivity contribution < 1.29 is 9.13 Å². The Kier molecular flexibility index (Phi) is 5.53. The van der Waals surface area contributed by atoms with Gasteiger partial charge in [0.05, 0.1) is 40.9 Å². The van der Waals surface area contributed by atoms with Crippen LogP contribution in [-0.2, 0) is 0 Å². The van der Waals surface area contributed by atoms with Crippen LogP contribution in [-0.4, -0.2) is 41.2 Å². The minimum absolute atomic E-state index is 0.247. The van der Waals surface area contributed by atoms with E-state index < -0.39 is 0 Å². The highest BCUT2D eigenvalue weighted by molar-refractivity contribution is 5.96. The maximum Gasteiger partial charge on any atom is 0.159 e. The molecule has 6 aromatic rings. The Morgan fingerprint density at radius 3 is 2.68 bits per heavy atom. The van der Waals surface area contributed by atoms with E-state index >= 15 is 0 Å². The minimum atomic E-state index is -0.321. The quantitative estimate of drug-likeness (QED) is 0.278. The van der Waals surface area contributed by atoms with E-state index in [2.05, 4.69) is 30.1 Å². The van der Waals surface area contributed by atoms with Crippen LogP contribution in [0.2, 0.25) is 0 Å². The molecule has 9 heteroatoms. The summed E-state index contributed by atoms with van der Waals surface area (Å²) in [5.41, 5.74) is 5.78. The summed E-state index contributed by atoms with van der Waals surface area (Å²) < 4.78 is 20.1. The predicted molar refractivity (Wildman–Crippen MR) is 143 cm³/mol. The van der Waals surface area contributed by atoms with Gasteiger partial charge in [0.25, 0.3) is 0 Å². The van der Waals surface area contributed by atoms with Gasteiger partial charge >= 0.3 is 0 Å². The number of fused-ring (bicyclic) bond motifs is 2. The average molecular weight is 506 g/mol. The lowest BCUT2D eigenvalue weighted by atomic mass is 9.98. The lowest BCUT2D eigenvalue weighted by Gasteiger charge is -2.22. The maximum absolute atomic E-state index is 13.9. The number of hydrogen-bond acceptors (Lipinski definition) is 6. The Morgan fingerprint density at radius 1 is 0.868 bits per heavy atom. The Balaban J connectivity index is 1.26. The summed E-state index contributed by atoms with van der Waals surface area (Å²) in [7, 11) is 0. The van der Waals surface area contributed by atoms with E-state index in [-0.39, 0.29) is 11.9 Å². The predicted octanol–water partition coefficient (Wildman–Crippen LogP) is 6.48. The van der Waals surface area contributed by atoms with Crippen molar-refractivity contribution in [1.82, 2.24) is 35.1 Å². The molecule has 5 heterocycles. The summed E-state index contributed by atoms with van der Waals surface area (Å²) in [6.45, 7) is 0. The van der Waals surface area contributed by atoms with Crippen LogP contribution in [0.3, 0.4) is 0 Å². The second-order valence-corrected chi connectivity index (χ2v) is 9.63. The number of ether oxygens (including phenoxy) is 1. The molecule has 0 unspecified atom stereocenters. The van der Waals surface area contributed by atoms with E-state index in [0.29, 0.717) is 28.3 Å². The second-order valence-electron chi connectivity index (χ2n) is 9.63. The first-order chi connectivity index (χ1) is 18.7. The van der Waals surface area contributed by atoms with Gasteiger partial charge < -0.3 is 9.72 Å². The fourth-order valence-corrected chi connectivity index (χ4v) is 5.15. The molecule has 0 saturated heterocycles. The molecule has 0 aliphatic heterocycles. The third kappa shape index (κ3) is 4.15. The van der Waals surface area contributed by atoms with Crippen LogP contribution in [0, 0.1) is 5.82 Å². The van der Waals surface area contributed by atoms with Crippen LogP contribution in [0.25, 0.3) is 56.0 Å². The molecule has 38 heavy (non-hydrogen) atoms. The lowest BCUT2D eigenvalue weighted by molar-refractivity contribution is 0.154. The zero-order valence-electron chi connectivity index (χ0n) is 20.5. The number of halogens is 1. The van der Waals surface area contributed by atoms with E-state index in [4.69, 9.17) is 9.72 Å². The molecular weight excluding hydrogens is 481 g/mol. The molecule has 8 nitrogen and oxygen atoms in total. The average Bonchev–Trinajstić information content (AvgIpc) is 3.57. The number of aromatic nitrogens is 7. The SMILES string of the molecule is Fc1cccc(-c2nccc3[nH]c(-c4n[nH]c5cnc(-c6cncc(OC7CCCCC7)c6)cc45)nc23)c1.